The number of carbonyl (C=O) groups excluding carboxylic acids is 1. The molecule has 1 saturated carbocycles. The van der Waals surface area contributed by atoms with Crippen molar-refractivity contribution in [3.8, 4) is 5.69 Å². The average molecular weight is 379 g/mol. The number of nitrogens with one attached hydrogen (secondary N) is 2. The number of rotatable bonds is 5. The van der Waals surface area contributed by atoms with Gasteiger partial charge in [0.1, 0.15) is 5.69 Å². The molecule has 1 aromatic carbocycles. The van der Waals surface area contributed by atoms with E-state index in [0.29, 0.717) is 18.2 Å². The number of amides is 1. The maximum Gasteiger partial charge on any atom is 0.271 e. The van der Waals surface area contributed by atoms with Crippen LogP contribution in [0.4, 0.5) is 0 Å². The van der Waals surface area contributed by atoms with Crippen LogP contribution in [0.15, 0.2) is 35.1 Å². The van der Waals surface area contributed by atoms with Gasteiger partial charge in [0, 0.05) is 18.7 Å². The van der Waals surface area contributed by atoms with Crippen LogP contribution < -0.4 is 16.6 Å². The standard InChI is InChI=1S/C19H26N4O2.ClH/c1-13-7-9-15(10-8-13)23-18(24)11-16(22-23)19(25)21-17(12-20)14-5-3-2-4-6-14;/h7-11,14,17,22H,2-6,12,20H2,1H3,(H,21,25);1H. The molecule has 1 aliphatic rings. The summed E-state index contributed by atoms with van der Waals surface area (Å²) < 4.78 is 1.38. The minimum absolute atomic E-state index is 0. The van der Waals surface area contributed by atoms with Crippen LogP contribution in [-0.2, 0) is 0 Å². The number of aromatic nitrogens is 2. The number of benzene rings is 1. The Bertz CT molecular complexity index is 776. The third-order valence-electron chi connectivity index (χ3n) is 5.05. The van der Waals surface area contributed by atoms with E-state index in [1.807, 2.05) is 31.2 Å². The van der Waals surface area contributed by atoms with Crippen molar-refractivity contribution in [2.75, 3.05) is 6.54 Å². The van der Waals surface area contributed by atoms with Crippen LogP contribution in [0.5, 0.6) is 0 Å². The van der Waals surface area contributed by atoms with Gasteiger partial charge in [-0.15, -0.1) is 12.4 Å². The van der Waals surface area contributed by atoms with Gasteiger partial charge >= 0.3 is 0 Å². The predicted octanol–water partition coefficient (Wildman–Crippen LogP) is 2.53. The highest BCUT2D eigenvalue weighted by atomic mass is 35.5. The second-order valence-electron chi connectivity index (χ2n) is 6.89. The molecule has 1 heterocycles. The molecule has 3 rings (SSSR count). The van der Waals surface area contributed by atoms with Gasteiger partial charge in [-0.05, 0) is 37.8 Å². The van der Waals surface area contributed by atoms with Gasteiger partial charge in [-0.2, -0.15) is 0 Å². The van der Waals surface area contributed by atoms with E-state index in [1.165, 1.54) is 30.0 Å². The first-order chi connectivity index (χ1) is 12.1. The number of carbonyl (C=O) groups is 1. The molecule has 1 unspecified atom stereocenters. The summed E-state index contributed by atoms with van der Waals surface area (Å²) in [5, 5.41) is 5.91. The third-order valence-corrected chi connectivity index (χ3v) is 5.05. The van der Waals surface area contributed by atoms with E-state index in [2.05, 4.69) is 10.4 Å². The lowest BCUT2D eigenvalue weighted by atomic mass is 9.84. The predicted molar refractivity (Wildman–Crippen MR) is 105 cm³/mol. The fourth-order valence-electron chi connectivity index (χ4n) is 3.55. The van der Waals surface area contributed by atoms with Gasteiger partial charge in [0.15, 0.2) is 0 Å². The van der Waals surface area contributed by atoms with Crippen molar-refractivity contribution in [2.24, 2.45) is 11.7 Å². The van der Waals surface area contributed by atoms with E-state index in [1.54, 1.807) is 0 Å². The van der Waals surface area contributed by atoms with Gasteiger partial charge in [0.2, 0.25) is 0 Å². The van der Waals surface area contributed by atoms with Crippen LogP contribution >= 0.6 is 12.4 Å². The molecule has 1 aromatic heterocycles. The Morgan fingerprint density at radius 1 is 1.27 bits per heavy atom. The molecule has 1 aliphatic carbocycles. The molecule has 0 aliphatic heterocycles. The molecule has 2 aromatic rings. The largest absolute Gasteiger partial charge is 0.346 e. The molecule has 1 fully saturated rings. The van der Waals surface area contributed by atoms with Crippen molar-refractivity contribution in [1.82, 2.24) is 15.1 Å². The lowest BCUT2D eigenvalue weighted by molar-refractivity contribution is 0.0910. The van der Waals surface area contributed by atoms with Crippen molar-refractivity contribution >= 4 is 18.3 Å². The fraction of sp³-hybridized carbons (Fsp3) is 0.474. The number of aryl methyl sites for hydroxylation is 1. The zero-order chi connectivity index (χ0) is 17.8. The lowest BCUT2D eigenvalue weighted by Gasteiger charge is -2.29. The zero-order valence-corrected chi connectivity index (χ0v) is 15.8. The third kappa shape index (κ3) is 4.56. The molecule has 142 valence electrons. The van der Waals surface area contributed by atoms with Gasteiger partial charge in [0.25, 0.3) is 11.5 Å². The topological polar surface area (TPSA) is 92.9 Å². The minimum atomic E-state index is -0.274. The highest BCUT2D eigenvalue weighted by molar-refractivity contribution is 5.92. The number of halogens is 1. The average Bonchev–Trinajstić information content (AvgIpc) is 3.03. The fourth-order valence-corrected chi connectivity index (χ4v) is 3.55. The molecular formula is C19H27ClN4O2. The summed E-state index contributed by atoms with van der Waals surface area (Å²) in [6.45, 7) is 2.40. The Kier molecular flexibility index (Phi) is 7.06. The SMILES string of the molecule is Cc1ccc(-n2[nH]c(C(=O)NC(CN)C3CCCCC3)cc2=O)cc1.Cl. The number of H-pyrrole nitrogens is 1. The van der Waals surface area contributed by atoms with E-state index >= 15 is 0 Å². The lowest BCUT2D eigenvalue weighted by Crippen LogP contribution is -2.46. The van der Waals surface area contributed by atoms with Gasteiger partial charge in [-0.25, -0.2) is 4.68 Å². The minimum Gasteiger partial charge on any atom is -0.346 e. The van der Waals surface area contributed by atoms with Gasteiger partial charge < -0.3 is 11.1 Å². The second kappa shape index (κ2) is 9.05. The number of hydrogen-bond acceptors (Lipinski definition) is 3. The zero-order valence-electron chi connectivity index (χ0n) is 15.0. The normalized spacial score (nSPS) is 15.9. The maximum absolute atomic E-state index is 12.6. The van der Waals surface area contributed by atoms with Crippen molar-refractivity contribution in [3.63, 3.8) is 0 Å². The van der Waals surface area contributed by atoms with Crippen LogP contribution in [0.1, 0.15) is 48.2 Å². The monoisotopic (exact) mass is 378 g/mol. The first kappa shape index (κ1) is 20.3. The quantitative estimate of drug-likeness (QED) is 0.746. The van der Waals surface area contributed by atoms with E-state index in [9.17, 15) is 9.59 Å². The first-order valence-corrected chi connectivity index (χ1v) is 8.98. The van der Waals surface area contributed by atoms with E-state index in [4.69, 9.17) is 5.73 Å². The number of nitrogens with two attached hydrogens (primary N) is 1. The number of nitrogens with zero attached hydrogens (tertiary/aromatic N) is 1. The summed E-state index contributed by atoms with van der Waals surface area (Å²) in [7, 11) is 0. The molecule has 0 radical (unpaired) electrons. The molecule has 1 atom stereocenters. The Morgan fingerprint density at radius 2 is 1.92 bits per heavy atom. The molecule has 26 heavy (non-hydrogen) atoms. The molecule has 0 spiro atoms. The summed E-state index contributed by atoms with van der Waals surface area (Å²) in [6, 6.07) is 8.84. The van der Waals surface area contributed by atoms with Crippen molar-refractivity contribution in [1.29, 1.82) is 0 Å². The van der Waals surface area contributed by atoms with Gasteiger partial charge in [-0.1, -0.05) is 37.0 Å². The van der Waals surface area contributed by atoms with Crippen molar-refractivity contribution in [3.05, 3.63) is 51.9 Å². The van der Waals surface area contributed by atoms with Crippen molar-refractivity contribution < 1.29 is 4.79 Å². The summed E-state index contributed by atoms with van der Waals surface area (Å²) in [5.41, 5.74) is 7.71. The summed E-state index contributed by atoms with van der Waals surface area (Å²) in [6.07, 6.45) is 5.84. The van der Waals surface area contributed by atoms with Crippen LogP contribution in [-0.4, -0.2) is 28.3 Å². The van der Waals surface area contributed by atoms with E-state index in [-0.39, 0.29) is 35.6 Å². The molecule has 4 N–H and O–H groups in total. The molecule has 0 saturated heterocycles. The summed E-state index contributed by atoms with van der Waals surface area (Å²) in [4.78, 5) is 24.8. The van der Waals surface area contributed by atoms with Gasteiger partial charge in [0.05, 0.1) is 5.69 Å². The Hall–Kier alpha value is -2.05. The Balaban J connectivity index is 0.00000243. The highest BCUT2D eigenvalue weighted by Gasteiger charge is 2.25. The summed E-state index contributed by atoms with van der Waals surface area (Å²) >= 11 is 0. The second-order valence-corrected chi connectivity index (χ2v) is 6.89. The Morgan fingerprint density at radius 3 is 2.54 bits per heavy atom. The first-order valence-electron chi connectivity index (χ1n) is 8.98. The van der Waals surface area contributed by atoms with Gasteiger partial charge in [-0.3, -0.25) is 14.7 Å². The molecular weight excluding hydrogens is 352 g/mol. The number of aromatic amines is 1. The van der Waals surface area contributed by atoms with Crippen LogP contribution in [0.25, 0.3) is 5.69 Å². The van der Waals surface area contributed by atoms with E-state index in [0.717, 1.165) is 18.4 Å². The summed E-state index contributed by atoms with van der Waals surface area (Å²) in [5.74, 6) is 0.151. The van der Waals surface area contributed by atoms with Crippen LogP contribution in [0, 0.1) is 12.8 Å². The maximum atomic E-state index is 12.6. The van der Waals surface area contributed by atoms with Crippen LogP contribution in [0.2, 0.25) is 0 Å². The Labute approximate surface area is 159 Å². The molecule has 6 nitrogen and oxygen atoms in total. The molecule has 1 amide bonds. The van der Waals surface area contributed by atoms with E-state index < -0.39 is 0 Å². The van der Waals surface area contributed by atoms with Crippen LogP contribution in [0.3, 0.4) is 0 Å². The molecule has 0 bridgehead atoms. The smallest absolute Gasteiger partial charge is 0.271 e. The molecule has 7 heteroatoms. The van der Waals surface area contributed by atoms with Crippen molar-refractivity contribution in [2.45, 2.75) is 45.1 Å². The number of hydrogen-bond donors (Lipinski definition) is 3. The highest BCUT2D eigenvalue weighted by Crippen LogP contribution is 2.26.